The van der Waals surface area contributed by atoms with Gasteiger partial charge in [-0.3, -0.25) is 0 Å². The Morgan fingerprint density at radius 3 is 2.47 bits per heavy atom. The van der Waals surface area contributed by atoms with Gasteiger partial charge in [0.1, 0.15) is 30.7 Å². The van der Waals surface area contributed by atoms with E-state index in [0.29, 0.717) is 48.0 Å². The number of nitrogens with one attached hydrogen (secondary N) is 2. The summed E-state index contributed by atoms with van der Waals surface area (Å²) in [5.41, 5.74) is 1.43. The van der Waals surface area contributed by atoms with E-state index in [1.54, 1.807) is 25.1 Å². The zero-order valence-electron chi connectivity index (χ0n) is 25.6. The molecule has 4 aromatic rings. The summed E-state index contributed by atoms with van der Waals surface area (Å²) in [6.45, 7) is 4.00. The summed E-state index contributed by atoms with van der Waals surface area (Å²) < 4.78 is 52.3. The summed E-state index contributed by atoms with van der Waals surface area (Å²) in [7, 11) is 4.14. The number of carbonyl (C=O) groups is 1. The van der Waals surface area contributed by atoms with Gasteiger partial charge in [-0.2, -0.15) is 0 Å². The molecular weight excluding hydrogens is 584 g/mol. The van der Waals surface area contributed by atoms with Crippen molar-refractivity contribution < 1.29 is 32.5 Å². The number of carbonyl (C=O) groups excluding carboxylic acids is 1. The highest BCUT2D eigenvalue weighted by atomic mass is 19.1. The lowest BCUT2D eigenvalue weighted by Gasteiger charge is -2.23. The Bertz CT molecular complexity index is 1620. The first-order valence-electron chi connectivity index (χ1n) is 14.9. The molecule has 12 heteroatoms. The van der Waals surface area contributed by atoms with Crippen molar-refractivity contribution in [3.05, 3.63) is 72.1 Å². The van der Waals surface area contributed by atoms with Crippen molar-refractivity contribution in [1.29, 1.82) is 0 Å². The Morgan fingerprint density at radius 2 is 1.71 bits per heavy atom. The molecule has 10 nitrogen and oxygen atoms in total. The third-order valence-corrected chi connectivity index (χ3v) is 7.21. The Hall–Kier alpha value is -4.71. The summed E-state index contributed by atoms with van der Waals surface area (Å²) in [6, 6.07) is 10.6. The quantitative estimate of drug-likeness (QED) is 0.156. The highest BCUT2D eigenvalue weighted by Crippen LogP contribution is 2.48. The highest BCUT2D eigenvalue weighted by molar-refractivity contribution is 5.94. The zero-order chi connectivity index (χ0) is 31.8. The van der Waals surface area contributed by atoms with Gasteiger partial charge in [0.15, 0.2) is 23.1 Å². The van der Waals surface area contributed by atoms with E-state index in [1.807, 2.05) is 0 Å². The molecule has 1 atom stereocenters. The lowest BCUT2D eigenvalue weighted by Crippen LogP contribution is -2.31. The molecule has 0 radical (unpaired) electrons. The van der Waals surface area contributed by atoms with Crippen LogP contribution >= 0.6 is 0 Å². The van der Waals surface area contributed by atoms with Crippen molar-refractivity contribution in [2.75, 3.05) is 45.8 Å². The standard InChI is InChI=1S/C33H37F2N5O5/c1-21(22-8-10-23(34)11-9-22)38-33(41)39-24-12-13-27(25(35)18-24)45-32-29-26(36-20-37-32)19-28(30-31(29)44-17-16-43-30)42-15-7-5-4-6-14-40(2)3/h8-13,18-21H,4-7,14-17H2,1-3H3,(H2,38,39,41). The number of hydrogen-bond acceptors (Lipinski definition) is 8. The van der Waals surface area contributed by atoms with Crippen LogP contribution in [0, 0.1) is 11.6 Å². The molecule has 0 fully saturated rings. The number of nitrogens with zero attached hydrogens (tertiary/aromatic N) is 3. The number of fused-ring (bicyclic) bond motifs is 3. The normalized spacial score (nSPS) is 13.0. The van der Waals surface area contributed by atoms with Crippen LogP contribution in [0.3, 0.4) is 0 Å². The molecule has 2 amide bonds. The summed E-state index contributed by atoms with van der Waals surface area (Å²) in [6.07, 6.45) is 5.55. The lowest BCUT2D eigenvalue weighted by atomic mass is 10.1. The SMILES string of the molecule is CC(NC(=O)Nc1ccc(Oc2ncnc3cc(OCCCCCCN(C)C)c4c(c23)OCCO4)c(F)c1)c1ccc(F)cc1. The molecule has 2 N–H and O–H groups in total. The van der Waals surface area contributed by atoms with Crippen molar-refractivity contribution in [2.24, 2.45) is 0 Å². The first kappa shape index (κ1) is 31.7. The molecule has 1 unspecified atom stereocenters. The summed E-state index contributed by atoms with van der Waals surface area (Å²) in [5.74, 6) is 0.213. The van der Waals surface area contributed by atoms with Gasteiger partial charge >= 0.3 is 6.03 Å². The van der Waals surface area contributed by atoms with Crippen molar-refractivity contribution >= 4 is 22.6 Å². The molecule has 0 saturated carbocycles. The van der Waals surface area contributed by atoms with Gasteiger partial charge in [0.05, 0.1) is 18.2 Å². The molecule has 0 saturated heterocycles. The van der Waals surface area contributed by atoms with Crippen molar-refractivity contribution in [1.82, 2.24) is 20.2 Å². The van der Waals surface area contributed by atoms with Crippen LogP contribution in [0.15, 0.2) is 54.9 Å². The van der Waals surface area contributed by atoms with Gasteiger partial charge in [-0.1, -0.05) is 25.0 Å². The first-order valence-corrected chi connectivity index (χ1v) is 14.9. The minimum absolute atomic E-state index is 0.0830. The minimum atomic E-state index is -0.720. The van der Waals surface area contributed by atoms with E-state index in [9.17, 15) is 9.18 Å². The van der Waals surface area contributed by atoms with Crippen LogP contribution < -0.4 is 29.6 Å². The highest BCUT2D eigenvalue weighted by Gasteiger charge is 2.26. The maximum Gasteiger partial charge on any atom is 0.319 e. The Morgan fingerprint density at radius 1 is 0.956 bits per heavy atom. The average Bonchev–Trinajstić information content (AvgIpc) is 3.02. The number of aromatic nitrogens is 2. The molecule has 3 aromatic carbocycles. The minimum Gasteiger partial charge on any atom is -0.489 e. The molecule has 0 bridgehead atoms. The zero-order valence-corrected chi connectivity index (χ0v) is 25.6. The second kappa shape index (κ2) is 14.8. The van der Waals surface area contributed by atoms with Crippen molar-refractivity contribution in [2.45, 2.75) is 38.6 Å². The van der Waals surface area contributed by atoms with Crippen LogP contribution in [0.4, 0.5) is 19.3 Å². The van der Waals surface area contributed by atoms with Gasteiger partial charge in [-0.25, -0.2) is 23.5 Å². The third kappa shape index (κ3) is 8.27. The number of ether oxygens (including phenoxy) is 4. The fourth-order valence-electron chi connectivity index (χ4n) is 4.90. The molecule has 1 aliphatic heterocycles. The fourth-order valence-corrected chi connectivity index (χ4v) is 4.90. The van der Waals surface area contributed by atoms with E-state index >= 15 is 4.39 Å². The molecule has 45 heavy (non-hydrogen) atoms. The van der Waals surface area contributed by atoms with Crippen LogP contribution in [0.2, 0.25) is 0 Å². The maximum absolute atomic E-state index is 15.2. The van der Waals surface area contributed by atoms with E-state index in [4.69, 9.17) is 18.9 Å². The van der Waals surface area contributed by atoms with Crippen molar-refractivity contribution in [3.63, 3.8) is 0 Å². The molecular formula is C33H37F2N5O5. The summed E-state index contributed by atoms with van der Waals surface area (Å²) in [5, 5.41) is 5.77. The van der Waals surface area contributed by atoms with Gasteiger partial charge < -0.3 is 34.5 Å². The van der Waals surface area contributed by atoms with E-state index in [0.717, 1.165) is 43.9 Å². The smallest absolute Gasteiger partial charge is 0.319 e. The van der Waals surface area contributed by atoms with Crippen LogP contribution in [0.1, 0.15) is 44.2 Å². The molecule has 2 heterocycles. The number of anilines is 1. The molecule has 0 spiro atoms. The molecule has 238 valence electrons. The third-order valence-electron chi connectivity index (χ3n) is 7.21. The number of halogens is 2. The first-order chi connectivity index (χ1) is 21.8. The molecule has 5 rings (SSSR count). The van der Waals surface area contributed by atoms with Crippen LogP contribution in [-0.4, -0.2) is 61.4 Å². The number of urea groups is 1. The van der Waals surface area contributed by atoms with Crippen LogP contribution in [0.5, 0.6) is 28.9 Å². The fraction of sp³-hybridized carbons (Fsp3) is 0.364. The number of amides is 2. The van der Waals surface area contributed by atoms with Crippen LogP contribution in [0.25, 0.3) is 10.9 Å². The number of rotatable bonds is 13. The second-order valence-electron chi connectivity index (χ2n) is 11.0. The molecule has 1 aliphatic rings. The second-order valence-corrected chi connectivity index (χ2v) is 11.0. The van der Waals surface area contributed by atoms with E-state index in [1.165, 1.54) is 30.6 Å². The van der Waals surface area contributed by atoms with Gasteiger partial charge in [0.2, 0.25) is 11.6 Å². The Labute approximate surface area is 260 Å². The largest absolute Gasteiger partial charge is 0.489 e. The van der Waals surface area contributed by atoms with Gasteiger partial charge in [0, 0.05) is 17.8 Å². The van der Waals surface area contributed by atoms with E-state index in [2.05, 4.69) is 39.6 Å². The number of benzene rings is 3. The summed E-state index contributed by atoms with van der Waals surface area (Å²) >= 11 is 0. The predicted octanol–water partition coefficient (Wildman–Crippen LogP) is 6.86. The lowest BCUT2D eigenvalue weighted by molar-refractivity contribution is 0.163. The molecule has 1 aromatic heterocycles. The predicted molar refractivity (Wildman–Crippen MR) is 166 cm³/mol. The van der Waals surface area contributed by atoms with Gasteiger partial charge in [-0.05, 0) is 70.2 Å². The Balaban J connectivity index is 1.26. The number of hydrogen-bond donors (Lipinski definition) is 2. The van der Waals surface area contributed by atoms with Crippen LogP contribution in [-0.2, 0) is 0 Å². The Kier molecular flexibility index (Phi) is 10.5. The number of unbranched alkanes of at least 4 members (excludes halogenated alkanes) is 3. The maximum atomic E-state index is 15.2. The van der Waals surface area contributed by atoms with E-state index < -0.39 is 17.9 Å². The summed E-state index contributed by atoms with van der Waals surface area (Å²) in [4.78, 5) is 23.3. The van der Waals surface area contributed by atoms with E-state index in [-0.39, 0.29) is 23.1 Å². The van der Waals surface area contributed by atoms with Gasteiger partial charge in [0.25, 0.3) is 0 Å². The van der Waals surface area contributed by atoms with Crippen molar-refractivity contribution in [3.8, 4) is 28.9 Å². The van der Waals surface area contributed by atoms with Gasteiger partial charge in [-0.15, -0.1) is 0 Å². The molecule has 0 aliphatic carbocycles. The topological polar surface area (TPSA) is 107 Å². The monoisotopic (exact) mass is 621 g/mol. The average molecular weight is 622 g/mol.